The van der Waals surface area contributed by atoms with Crippen LogP contribution in [0.5, 0.6) is 5.75 Å². The van der Waals surface area contributed by atoms with Gasteiger partial charge in [0.15, 0.2) is 11.9 Å². The van der Waals surface area contributed by atoms with Crippen molar-refractivity contribution in [3.05, 3.63) is 33.9 Å². The highest BCUT2D eigenvalue weighted by Gasteiger charge is 2.26. The second kappa shape index (κ2) is 7.19. The van der Waals surface area contributed by atoms with Gasteiger partial charge in [0.2, 0.25) is 0 Å². The molecular formula is C14H19N3O5. The molecule has 120 valence electrons. The molecule has 1 aromatic carbocycles. The van der Waals surface area contributed by atoms with E-state index in [4.69, 9.17) is 15.2 Å². The highest BCUT2D eigenvalue weighted by molar-refractivity contribution is 5.81. The van der Waals surface area contributed by atoms with Crippen molar-refractivity contribution < 1.29 is 19.2 Å². The summed E-state index contributed by atoms with van der Waals surface area (Å²) in [4.78, 5) is 24.4. The molecule has 2 N–H and O–H groups in total. The van der Waals surface area contributed by atoms with E-state index in [9.17, 15) is 14.9 Å². The van der Waals surface area contributed by atoms with Crippen molar-refractivity contribution in [1.82, 2.24) is 4.90 Å². The van der Waals surface area contributed by atoms with Crippen LogP contribution in [0.15, 0.2) is 18.2 Å². The Bertz CT molecular complexity index is 557. The molecule has 0 aromatic heterocycles. The minimum Gasteiger partial charge on any atom is -0.474 e. The van der Waals surface area contributed by atoms with Gasteiger partial charge in [0, 0.05) is 25.7 Å². The lowest BCUT2D eigenvalue weighted by atomic mass is 10.2. The van der Waals surface area contributed by atoms with Gasteiger partial charge in [-0.3, -0.25) is 14.9 Å². The average Bonchev–Trinajstić information content (AvgIpc) is 2.54. The van der Waals surface area contributed by atoms with Crippen molar-refractivity contribution in [1.29, 1.82) is 0 Å². The molecule has 0 bridgehead atoms. The molecule has 8 heteroatoms. The molecule has 1 heterocycles. The normalized spacial score (nSPS) is 16.2. The lowest BCUT2D eigenvalue weighted by molar-refractivity contribution is -0.386. The maximum absolute atomic E-state index is 12.3. The standard InChI is InChI=1S/C14H19N3O5/c1-10(14(18)16-4-6-21-7-5-16)22-13-8-11(9-15)2-3-12(13)17(19)20/h2-3,8,10H,4-7,9,15H2,1H3/t10-/m1/s1. The van der Waals surface area contributed by atoms with Crippen LogP contribution in [0.25, 0.3) is 0 Å². The van der Waals surface area contributed by atoms with Crippen LogP contribution in [0.1, 0.15) is 12.5 Å². The molecule has 0 unspecified atom stereocenters. The number of carbonyl (C=O) groups excluding carboxylic acids is 1. The molecule has 1 saturated heterocycles. The van der Waals surface area contributed by atoms with Gasteiger partial charge in [-0.1, -0.05) is 6.07 Å². The fraction of sp³-hybridized carbons (Fsp3) is 0.500. The lowest BCUT2D eigenvalue weighted by Crippen LogP contribution is -2.46. The number of benzene rings is 1. The Hall–Kier alpha value is -2.19. The number of nitrogens with zero attached hydrogens (tertiary/aromatic N) is 2. The van der Waals surface area contributed by atoms with E-state index in [-0.39, 0.29) is 23.9 Å². The lowest BCUT2D eigenvalue weighted by Gasteiger charge is -2.29. The Morgan fingerprint density at radius 1 is 1.50 bits per heavy atom. The monoisotopic (exact) mass is 309 g/mol. The van der Waals surface area contributed by atoms with Gasteiger partial charge in [0.1, 0.15) is 0 Å². The van der Waals surface area contributed by atoms with Crippen LogP contribution in [0.3, 0.4) is 0 Å². The predicted octanol–water partition coefficient (Wildman–Crippen LogP) is 0.680. The number of nitrogens with two attached hydrogens (primary N) is 1. The van der Waals surface area contributed by atoms with E-state index in [1.165, 1.54) is 12.1 Å². The van der Waals surface area contributed by atoms with E-state index in [2.05, 4.69) is 0 Å². The molecule has 1 aromatic rings. The number of rotatable bonds is 5. The van der Waals surface area contributed by atoms with E-state index < -0.39 is 11.0 Å². The fourth-order valence-electron chi connectivity index (χ4n) is 2.21. The van der Waals surface area contributed by atoms with E-state index in [0.717, 1.165) is 0 Å². The number of morpholine rings is 1. The Morgan fingerprint density at radius 3 is 2.77 bits per heavy atom. The van der Waals surface area contributed by atoms with Gasteiger partial charge in [-0.2, -0.15) is 0 Å². The molecule has 1 fully saturated rings. The summed E-state index contributed by atoms with van der Waals surface area (Å²) < 4.78 is 10.7. The number of carbonyl (C=O) groups is 1. The molecule has 0 saturated carbocycles. The molecule has 2 rings (SSSR count). The van der Waals surface area contributed by atoms with Gasteiger partial charge >= 0.3 is 5.69 Å². The maximum atomic E-state index is 12.3. The molecule has 8 nitrogen and oxygen atoms in total. The molecule has 1 aliphatic heterocycles. The number of nitro benzene ring substituents is 1. The minimum atomic E-state index is -0.815. The SMILES string of the molecule is C[C@@H](Oc1cc(CN)ccc1[N+](=O)[O-])C(=O)N1CCOCC1. The summed E-state index contributed by atoms with van der Waals surface area (Å²) >= 11 is 0. The smallest absolute Gasteiger partial charge is 0.310 e. The summed E-state index contributed by atoms with van der Waals surface area (Å²) in [5.41, 5.74) is 6.06. The third-order valence-electron chi connectivity index (χ3n) is 3.43. The van der Waals surface area contributed by atoms with Crippen LogP contribution in [-0.4, -0.2) is 48.1 Å². The Balaban J connectivity index is 2.14. The van der Waals surface area contributed by atoms with Crippen LogP contribution in [0, 0.1) is 10.1 Å². The largest absolute Gasteiger partial charge is 0.474 e. The molecule has 0 radical (unpaired) electrons. The maximum Gasteiger partial charge on any atom is 0.310 e. The molecule has 0 aliphatic carbocycles. The topological polar surface area (TPSA) is 108 Å². The number of ether oxygens (including phenoxy) is 2. The Morgan fingerprint density at radius 2 is 2.18 bits per heavy atom. The summed E-state index contributed by atoms with van der Waals surface area (Å²) in [5, 5.41) is 11.1. The van der Waals surface area contributed by atoms with E-state index in [1.54, 1.807) is 17.9 Å². The van der Waals surface area contributed by atoms with Crippen molar-refractivity contribution in [2.45, 2.75) is 19.6 Å². The van der Waals surface area contributed by atoms with Crippen molar-refractivity contribution in [2.75, 3.05) is 26.3 Å². The first-order valence-corrected chi connectivity index (χ1v) is 7.03. The van der Waals surface area contributed by atoms with Crippen molar-refractivity contribution in [3.8, 4) is 5.75 Å². The van der Waals surface area contributed by atoms with Gasteiger partial charge in [-0.15, -0.1) is 0 Å². The third-order valence-corrected chi connectivity index (χ3v) is 3.43. The highest BCUT2D eigenvalue weighted by atomic mass is 16.6. The van der Waals surface area contributed by atoms with Crippen LogP contribution in [0.2, 0.25) is 0 Å². The van der Waals surface area contributed by atoms with E-state index in [0.29, 0.717) is 31.9 Å². The molecular weight excluding hydrogens is 290 g/mol. The second-order valence-corrected chi connectivity index (χ2v) is 4.96. The molecule has 0 spiro atoms. The summed E-state index contributed by atoms with van der Waals surface area (Å²) in [6.45, 7) is 3.79. The first-order valence-electron chi connectivity index (χ1n) is 7.03. The summed E-state index contributed by atoms with van der Waals surface area (Å²) in [6.07, 6.45) is -0.815. The first kappa shape index (κ1) is 16.2. The number of hydrogen-bond donors (Lipinski definition) is 1. The number of amides is 1. The minimum absolute atomic E-state index is 0.0575. The van der Waals surface area contributed by atoms with Crippen LogP contribution in [0.4, 0.5) is 5.69 Å². The third kappa shape index (κ3) is 3.71. The van der Waals surface area contributed by atoms with Crippen molar-refractivity contribution in [3.63, 3.8) is 0 Å². The number of hydrogen-bond acceptors (Lipinski definition) is 6. The van der Waals surface area contributed by atoms with Crippen LogP contribution < -0.4 is 10.5 Å². The molecule has 1 amide bonds. The first-order chi connectivity index (χ1) is 10.5. The quantitative estimate of drug-likeness (QED) is 0.633. The van der Waals surface area contributed by atoms with Gasteiger partial charge < -0.3 is 20.1 Å². The highest BCUT2D eigenvalue weighted by Crippen LogP contribution is 2.29. The molecule has 22 heavy (non-hydrogen) atoms. The van der Waals surface area contributed by atoms with Gasteiger partial charge in [-0.25, -0.2) is 0 Å². The summed E-state index contributed by atoms with van der Waals surface area (Å²) in [5.74, 6) is -0.155. The van der Waals surface area contributed by atoms with Gasteiger partial charge in [0.25, 0.3) is 5.91 Å². The zero-order valence-corrected chi connectivity index (χ0v) is 12.4. The van der Waals surface area contributed by atoms with E-state index >= 15 is 0 Å². The van der Waals surface area contributed by atoms with E-state index in [1.807, 2.05) is 0 Å². The Labute approximate surface area is 127 Å². The molecule has 1 atom stereocenters. The van der Waals surface area contributed by atoms with Crippen LogP contribution >= 0.6 is 0 Å². The Kier molecular flexibility index (Phi) is 5.29. The zero-order valence-electron chi connectivity index (χ0n) is 12.4. The summed E-state index contributed by atoms with van der Waals surface area (Å²) in [7, 11) is 0. The second-order valence-electron chi connectivity index (χ2n) is 4.96. The predicted molar refractivity (Wildman–Crippen MR) is 78.5 cm³/mol. The van der Waals surface area contributed by atoms with Crippen molar-refractivity contribution in [2.24, 2.45) is 5.73 Å². The number of nitro groups is 1. The van der Waals surface area contributed by atoms with Crippen molar-refractivity contribution >= 4 is 11.6 Å². The molecule has 1 aliphatic rings. The average molecular weight is 309 g/mol. The van der Waals surface area contributed by atoms with Gasteiger partial charge in [0.05, 0.1) is 18.1 Å². The summed E-state index contributed by atoms with van der Waals surface area (Å²) in [6, 6.07) is 4.41. The fourth-order valence-corrected chi connectivity index (χ4v) is 2.21. The van der Waals surface area contributed by atoms with Gasteiger partial charge in [-0.05, 0) is 18.6 Å². The zero-order chi connectivity index (χ0) is 16.1. The van der Waals surface area contributed by atoms with Crippen LogP contribution in [-0.2, 0) is 16.1 Å².